The highest BCUT2D eigenvalue weighted by Gasteiger charge is 2.15. The van der Waals surface area contributed by atoms with Crippen molar-refractivity contribution in [3.8, 4) is 12.3 Å². The smallest absolute Gasteiger partial charge is 0.217 e. The van der Waals surface area contributed by atoms with E-state index in [0.717, 1.165) is 5.76 Å². The lowest BCUT2D eigenvalue weighted by atomic mass is 10.3. The lowest BCUT2D eigenvalue weighted by Crippen LogP contribution is -2.07. The largest absolute Gasteiger partial charge is 0.460 e. The molecule has 0 bridgehead atoms. The van der Waals surface area contributed by atoms with E-state index >= 15 is 0 Å². The summed E-state index contributed by atoms with van der Waals surface area (Å²) in [7, 11) is 0. The van der Waals surface area contributed by atoms with E-state index in [1.807, 2.05) is 26.0 Å². The number of rotatable bonds is 6. The molecular weight excluding hydrogens is 192 g/mol. The maximum Gasteiger partial charge on any atom is 0.217 e. The first kappa shape index (κ1) is 11.8. The fourth-order valence-corrected chi connectivity index (χ4v) is 1.23. The van der Waals surface area contributed by atoms with Crippen LogP contribution in [0, 0.1) is 12.3 Å². The molecule has 3 nitrogen and oxygen atoms in total. The molecule has 1 aromatic heterocycles. The Hall–Kier alpha value is -1.24. The number of terminal acetylenes is 1. The highest BCUT2D eigenvalue weighted by atomic mass is 16.7. The summed E-state index contributed by atoms with van der Waals surface area (Å²) in [5.41, 5.74) is 0. The van der Waals surface area contributed by atoms with Gasteiger partial charge in [-0.05, 0) is 26.0 Å². The van der Waals surface area contributed by atoms with Gasteiger partial charge >= 0.3 is 0 Å². The molecule has 1 rings (SSSR count). The van der Waals surface area contributed by atoms with Gasteiger partial charge in [0.2, 0.25) is 6.29 Å². The molecule has 0 saturated heterocycles. The van der Waals surface area contributed by atoms with E-state index in [1.54, 1.807) is 0 Å². The zero-order valence-electron chi connectivity index (χ0n) is 9.16. The first-order valence-corrected chi connectivity index (χ1v) is 5.07. The Morgan fingerprint density at radius 1 is 1.33 bits per heavy atom. The fourth-order valence-electron chi connectivity index (χ4n) is 1.23. The average Bonchev–Trinajstić information content (AvgIpc) is 2.67. The van der Waals surface area contributed by atoms with Crippen molar-refractivity contribution in [1.29, 1.82) is 0 Å². The second kappa shape index (κ2) is 6.28. The van der Waals surface area contributed by atoms with E-state index in [1.165, 1.54) is 0 Å². The van der Waals surface area contributed by atoms with Crippen LogP contribution in [0.15, 0.2) is 16.5 Å². The summed E-state index contributed by atoms with van der Waals surface area (Å²) < 4.78 is 16.3. The maximum atomic E-state index is 5.50. The summed E-state index contributed by atoms with van der Waals surface area (Å²) in [5.74, 6) is 3.96. The van der Waals surface area contributed by atoms with Gasteiger partial charge in [0.1, 0.15) is 5.76 Å². The van der Waals surface area contributed by atoms with Crippen molar-refractivity contribution in [3.05, 3.63) is 23.7 Å². The number of ether oxygens (including phenoxy) is 2. The molecule has 0 spiro atoms. The Morgan fingerprint density at radius 2 is 2.00 bits per heavy atom. The Balaban J connectivity index is 2.68. The maximum absolute atomic E-state index is 5.50. The van der Waals surface area contributed by atoms with Crippen LogP contribution in [0.1, 0.15) is 31.7 Å². The van der Waals surface area contributed by atoms with E-state index in [0.29, 0.717) is 25.4 Å². The third kappa shape index (κ3) is 3.43. The SMILES string of the molecule is C#CCc1ccc(C(OCC)OCC)o1. The summed E-state index contributed by atoms with van der Waals surface area (Å²) in [4.78, 5) is 0. The number of furan rings is 1. The predicted octanol–water partition coefficient (Wildman–Crippen LogP) is 2.53. The highest BCUT2D eigenvalue weighted by molar-refractivity contribution is 5.12. The Kier molecular flexibility index (Phi) is 4.96. The molecule has 0 aliphatic rings. The van der Waals surface area contributed by atoms with E-state index in [2.05, 4.69) is 5.92 Å². The first-order chi connectivity index (χ1) is 7.31. The van der Waals surface area contributed by atoms with Crippen molar-refractivity contribution in [2.24, 2.45) is 0 Å². The molecule has 15 heavy (non-hydrogen) atoms. The summed E-state index contributed by atoms with van der Waals surface area (Å²) in [6.45, 7) is 4.99. The lowest BCUT2D eigenvalue weighted by molar-refractivity contribution is -0.150. The molecule has 0 amide bonds. The number of hydrogen-bond acceptors (Lipinski definition) is 3. The van der Waals surface area contributed by atoms with Crippen LogP contribution in [0.2, 0.25) is 0 Å². The first-order valence-electron chi connectivity index (χ1n) is 5.07. The second-order valence-corrected chi connectivity index (χ2v) is 2.93. The molecule has 1 heterocycles. The predicted molar refractivity (Wildman–Crippen MR) is 57.2 cm³/mol. The van der Waals surface area contributed by atoms with Gasteiger partial charge < -0.3 is 13.9 Å². The van der Waals surface area contributed by atoms with Gasteiger partial charge in [0.25, 0.3) is 0 Å². The second-order valence-electron chi connectivity index (χ2n) is 2.93. The molecule has 0 fully saturated rings. The average molecular weight is 208 g/mol. The fraction of sp³-hybridized carbons (Fsp3) is 0.500. The van der Waals surface area contributed by atoms with Crippen LogP contribution in [-0.4, -0.2) is 13.2 Å². The van der Waals surface area contributed by atoms with Gasteiger partial charge in [-0.15, -0.1) is 6.42 Å². The molecule has 0 aromatic carbocycles. The van der Waals surface area contributed by atoms with Crippen LogP contribution in [0.4, 0.5) is 0 Å². The van der Waals surface area contributed by atoms with Crippen molar-refractivity contribution < 1.29 is 13.9 Å². The van der Waals surface area contributed by atoms with Crippen molar-refractivity contribution in [2.75, 3.05) is 13.2 Å². The Morgan fingerprint density at radius 3 is 2.53 bits per heavy atom. The molecule has 0 N–H and O–H groups in total. The molecule has 0 aliphatic heterocycles. The Bertz CT molecular complexity index is 316. The monoisotopic (exact) mass is 208 g/mol. The molecule has 0 saturated carbocycles. The van der Waals surface area contributed by atoms with Gasteiger partial charge in [-0.3, -0.25) is 0 Å². The summed E-state index contributed by atoms with van der Waals surface area (Å²) in [6.07, 6.45) is 5.26. The minimum atomic E-state index is -0.425. The molecular formula is C12H16O3. The highest BCUT2D eigenvalue weighted by Crippen LogP contribution is 2.21. The van der Waals surface area contributed by atoms with Gasteiger partial charge in [0.15, 0.2) is 5.76 Å². The standard InChI is InChI=1S/C12H16O3/c1-4-7-10-8-9-11(15-10)12(13-5-2)14-6-3/h1,8-9,12H,5-7H2,2-3H3. The topological polar surface area (TPSA) is 31.6 Å². The molecule has 0 aliphatic carbocycles. The van der Waals surface area contributed by atoms with E-state index in [9.17, 15) is 0 Å². The third-order valence-corrected chi connectivity index (χ3v) is 1.83. The third-order valence-electron chi connectivity index (χ3n) is 1.83. The van der Waals surface area contributed by atoms with Crippen molar-refractivity contribution in [3.63, 3.8) is 0 Å². The van der Waals surface area contributed by atoms with Gasteiger partial charge in [0.05, 0.1) is 6.42 Å². The van der Waals surface area contributed by atoms with Crippen LogP contribution >= 0.6 is 0 Å². The van der Waals surface area contributed by atoms with Crippen LogP contribution in [0.25, 0.3) is 0 Å². The molecule has 0 radical (unpaired) electrons. The van der Waals surface area contributed by atoms with Gasteiger partial charge in [-0.25, -0.2) is 0 Å². The van der Waals surface area contributed by atoms with Crippen LogP contribution in [0.5, 0.6) is 0 Å². The van der Waals surface area contributed by atoms with E-state index in [4.69, 9.17) is 20.3 Å². The van der Waals surface area contributed by atoms with Crippen LogP contribution in [-0.2, 0) is 15.9 Å². The molecule has 1 aromatic rings. The number of hydrogen-bond donors (Lipinski definition) is 0. The molecule has 3 heteroatoms. The summed E-state index contributed by atoms with van der Waals surface area (Å²) >= 11 is 0. The van der Waals surface area contributed by atoms with Gasteiger partial charge in [-0.2, -0.15) is 0 Å². The van der Waals surface area contributed by atoms with Crippen LogP contribution in [0.3, 0.4) is 0 Å². The minimum absolute atomic E-state index is 0.425. The molecule has 0 unspecified atom stereocenters. The zero-order chi connectivity index (χ0) is 11.1. The van der Waals surface area contributed by atoms with Gasteiger partial charge in [0, 0.05) is 13.2 Å². The normalized spacial score (nSPS) is 10.5. The van der Waals surface area contributed by atoms with E-state index in [-0.39, 0.29) is 0 Å². The molecule has 82 valence electrons. The minimum Gasteiger partial charge on any atom is -0.460 e. The zero-order valence-corrected chi connectivity index (χ0v) is 9.16. The lowest BCUT2D eigenvalue weighted by Gasteiger charge is -2.13. The summed E-state index contributed by atoms with van der Waals surface area (Å²) in [6, 6.07) is 3.68. The molecule has 0 atom stereocenters. The van der Waals surface area contributed by atoms with E-state index < -0.39 is 6.29 Å². The quantitative estimate of drug-likeness (QED) is 0.531. The van der Waals surface area contributed by atoms with Crippen molar-refractivity contribution in [2.45, 2.75) is 26.6 Å². The van der Waals surface area contributed by atoms with Crippen molar-refractivity contribution in [1.82, 2.24) is 0 Å². The van der Waals surface area contributed by atoms with Crippen molar-refractivity contribution >= 4 is 0 Å². The summed E-state index contributed by atoms with van der Waals surface area (Å²) in [5, 5.41) is 0. The van der Waals surface area contributed by atoms with Gasteiger partial charge in [-0.1, -0.05) is 5.92 Å². The van der Waals surface area contributed by atoms with Crippen LogP contribution < -0.4 is 0 Å². The Labute approximate surface area is 90.4 Å².